The predicted molar refractivity (Wildman–Crippen MR) is 428 cm³/mol. The minimum absolute atomic E-state index is 0.153. The summed E-state index contributed by atoms with van der Waals surface area (Å²) >= 11 is 0. The largest absolute Gasteiger partial charge is 0.393 e. The van der Waals surface area contributed by atoms with Crippen molar-refractivity contribution in [2.45, 2.75) is 305 Å². The fraction of sp³-hybridized carbons (Fsp3) is 0.624. The van der Waals surface area contributed by atoms with Crippen LogP contribution in [0.2, 0.25) is 0 Å². The number of rotatable bonds is 25. The first-order valence-electron chi connectivity index (χ1n) is 42.6. The van der Waals surface area contributed by atoms with Gasteiger partial charge in [-0.3, -0.25) is 24.0 Å². The molecule has 4 atom stereocenters. The molecule has 10 saturated carbocycles. The van der Waals surface area contributed by atoms with Gasteiger partial charge in [0.1, 0.15) is 0 Å². The van der Waals surface area contributed by atoms with Crippen molar-refractivity contribution in [2.24, 2.45) is 59.2 Å². The number of aliphatic hydroxyl groups excluding tert-OH is 5. The highest BCUT2D eigenvalue weighted by molar-refractivity contribution is 5.82. The second-order valence-corrected chi connectivity index (χ2v) is 34.7. The number of nitrogens with one attached hydrogen (secondary N) is 5. The summed E-state index contributed by atoms with van der Waals surface area (Å²) < 4.78 is 0. The molecule has 0 heterocycles. The van der Waals surface area contributed by atoms with E-state index in [1.807, 2.05) is 12.1 Å². The monoisotopic (exact) mass is 1480 g/mol. The summed E-state index contributed by atoms with van der Waals surface area (Å²) in [5, 5.41) is 63.3. The summed E-state index contributed by atoms with van der Waals surface area (Å²) in [5.74, 6) is 6.44. The molecule has 15 nitrogen and oxygen atoms in total. The Bertz CT molecular complexity index is 3290. The van der Waals surface area contributed by atoms with Crippen LogP contribution in [0.25, 0.3) is 0 Å². The van der Waals surface area contributed by atoms with Crippen molar-refractivity contribution in [3.05, 3.63) is 179 Å². The number of hydrogen-bond donors (Lipinski definition) is 10. The van der Waals surface area contributed by atoms with Gasteiger partial charge in [0.05, 0.1) is 30.5 Å². The van der Waals surface area contributed by atoms with Crippen molar-refractivity contribution in [2.75, 3.05) is 0 Å². The SMILES string of the molecule is O=C(CC1CC(Cc2ccccc2)C1)NC1CCC(O)CC1.O=C(CC1CC1CCc1ccccc1)NC1CCC(O)CC1.O=C(NC1CCC(O)CC1)C1CC(CCc2ccccc2)C1.O=C(NC1CCC(O)CC1)C1CC(Cc2ccccc2)C1.O=C(NC1CCC(O)CC1)C1CC1CCc1ccccc1. The van der Waals surface area contributed by atoms with Crippen molar-refractivity contribution in [3.8, 4) is 0 Å². The van der Waals surface area contributed by atoms with Crippen LogP contribution in [0.15, 0.2) is 152 Å². The second-order valence-electron chi connectivity index (χ2n) is 34.7. The lowest BCUT2D eigenvalue weighted by molar-refractivity contribution is -0.131. The molecule has 5 aromatic rings. The molecule has 10 N–H and O–H groups in total. The van der Waals surface area contributed by atoms with Crippen LogP contribution in [0.4, 0.5) is 0 Å². The van der Waals surface area contributed by atoms with E-state index in [1.54, 1.807) is 0 Å². The van der Waals surface area contributed by atoms with Gasteiger partial charge in [0.25, 0.3) is 0 Å². The average molecular weight is 1480 g/mol. The van der Waals surface area contributed by atoms with E-state index in [0.29, 0.717) is 48.5 Å². The van der Waals surface area contributed by atoms with Crippen LogP contribution < -0.4 is 26.6 Å². The third-order valence-electron chi connectivity index (χ3n) is 25.8. The van der Waals surface area contributed by atoms with Crippen molar-refractivity contribution in [1.29, 1.82) is 0 Å². The summed E-state index contributed by atoms with van der Waals surface area (Å²) in [6.07, 6.45) is 36.0. The summed E-state index contributed by atoms with van der Waals surface area (Å²) in [4.78, 5) is 60.8. The molecule has 0 spiro atoms. The summed E-state index contributed by atoms with van der Waals surface area (Å²) in [5.41, 5.74) is 6.96. The molecule has 15 heteroatoms. The minimum atomic E-state index is -0.155. The van der Waals surface area contributed by atoms with E-state index >= 15 is 0 Å². The zero-order valence-corrected chi connectivity index (χ0v) is 64.6. The molecule has 5 aromatic carbocycles. The fourth-order valence-electron chi connectivity index (χ4n) is 18.3. The van der Waals surface area contributed by atoms with Gasteiger partial charge >= 0.3 is 0 Å². The van der Waals surface area contributed by atoms with Crippen LogP contribution in [0.5, 0.6) is 0 Å². The van der Waals surface area contributed by atoms with E-state index in [1.165, 1.54) is 59.9 Å². The molecule has 15 rings (SSSR count). The Hall–Kier alpha value is -6.75. The number of amides is 5. The van der Waals surface area contributed by atoms with Crippen molar-refractivity contribution >= 4 is 29.5 Å². The molecule has 10 fully saturated rings. The van der Waals surface area contributed by atoms with Gasteiger partial charge in [0, 0.05) is 60.8 Å². The van der Waals surface area contributed by atoms with Gasteiger partial charge in [-0.05, 0) is 300 Å². The van der Waals surface area contributed by atoms with Crippen LogP contribution in [0, 0.1) is 59.2 Å². The van der Waals surface area contributed by atoms with Crippen LogP contribution >= 0.6 is 0 Å². The normalized spacial score (nSPS) is 31.5. The first-order chi connectivity index (χ1) is 52.5. The lowest BCUT2D eigenvalue weighted by atomic mass is 9.70. The lowest BCUT2D eigenvalue weighted by Gasteiger charge is -2.36. The molecule has 5 amide bonds. The Labute approximate surface area is 645 Å². The van der Waals surface area contributed by atoms with Gasteiger partial charge in [0.15, 0.2) is 0 Å². The molecule has 10 aliphatic carbocycles. The summed E-state index contributed by atoms with van der Waals surface area (Å²) in [6, 6.07) is 54.3. The molecule has 4 unspecified atom stereocenters. The maximum absolute atomic E-state index is 12.2. The number of carbonyl (C=O) groups is 5. The average Bonchev–Trinajstić information content (AvgIpc) is 1.66. The first kappa shape index (κ1) is 82.2. The van der Waals surface area contributed by atoms with Gasteiger partial charge in [-0.2, -0.15) is 0 Å². The summed E-state index contributed by atoms with van der Waals surface area (Å²) in [7, 11) is 0. The van der Waals surface area contributed by atoms with Crippen LogP contribution in [0.3, 0.4) is 0 Å². The van der Waals surface area contributed by atoms with E-state index in [4.69, 9.17) is 0 Å². The Morgan fingerprint density at radius 3 is 0.935 bits per heavy atom. The van der Waals surface area contributed by atoms with Crippen molar-refractivity contribution in [3.63, 3.8) is 0 Å². The van der Waals surface area contributed by atoms with Gasteiger partial charge in [-0.25, -0.2) is 0 Å². The van der Waals surface area contributed by atoms with E-state index in [2.05, 4.69) is 166 Å². The van der Waals surface area contributed by atoms with E-state index in [-0.39, 0.29) is 102 Å². The Kier molecular flexibility index (Phi) is 32.9. The molecule has 0 bridgehead atoms. The van der Waals surface area contributed by atoms with Crippen LogP contribution in [-0.2, 0) is 56.1 Å². The maximum Gasteiger partial charge on any atom is 0.223 e. The smallest absolute Gasteiger partial charge is 0.223 e. The van der Waals surface area contributed by atoms with Gasteiger partial charge in [-0.1, -0.05) is 152 Å². The Morgan fingerprint density at radius 1 is 0.269 bits per heavy atom. The molecule has 0 radical (unpaired) electrons. The number of aryl methyl sites for hydroxylation is 3. The van der Waals surface area contributed by atoms with Gasteiger partial charge in [-0.15, -0.1) is 0 Å². The lowest BCUT2D eigenvalue weighted by Crippen LogP contribution is -2.45. The highest BCUT2D eigenvalue weighted by Gasteiger charge is 2.44. The quantitative estimate of drug-likeness (QED) is 0.0265. The molecular weight excluding hydrogens is 1350 g/mol. The van der Waals surface area contributed by atoms with E-state index in [9.17, 15) is 49.5 Å². The Morgan fingerprint density at radius 2 is 0.565 bits per heavy atom. The fourth-order valence-corrected chi connectivity index (χ4v) is 18.3. The molecule has 10 aliphatic rings. The third-order valence-corrected chi connectivity index (χ3v) is 25.8. The minimum Gasteiger partial charge on any atom is -0.393 e. The highest BCUT2D eigenvalue weighted by atomic mass is 16.3. The number of carbonyl (C=O) groups excluding carboxylic acids is 5. The molecule has 0 aromatic heterocycles. The van der Waals surface area contributed by atoms with E-state index in [0.717, 1.165) is 211 Å². The van der Waals surface area contributed by atoms with Crippen LogP contribution in [0.1, 0.15) is 240 Å². The van der Waals surface area contributed by atoms with E-state index < -0.39 is 0 Å². The number of benzene rings is 5. The third kappa shape index (κ3) is 28.8. The highest BCUT2D eigenvalue weighted by Crippen LogP contribution is 2.46. The molecule has 0 aliphatic heterocycles. The zero-order valence-electron chi connectivity index (χ0n) is 64.6. The molecule has 108 heavy (non-hydrogen) atoms. The maximum atomic E-state index is 12.2. The number of hydrogen-bond acceptors (Lipinski definition) is 10. The standard InChI is InChI=1S/3C19H27NO2.2C18H25NO2/c21-18-8-6-17(7-9-18)20-19(22)13-16-11-15(12-16)10-14-4-2-1-3-5-14;21-18-10-8-17(9-11-18)20-19(22)13-16-12-15(16)7-6-14-4-2-1-3-5-14;21-18-10-8-17(9-11-18)20-19(22)16-12-15(13-16)7-6-14-4-2-1-3-5-14;20-17-8-6-16(7-9-17)19-18(21)15-11-14(12-15)10-13-4-2-1-3-5-13;20-16-10-8-15(9-11-16)19-18(21)17-12-14(17)7-6-13-4-2-1-3-5-13/h3*1-5,15-18,21H,6-13H2,(H,20,22);2*1-5,14-17,20H,6-12H2,(H,19,21). The van der Waals surface area contributed by atoms with Crippen LogP contribution in [-0.4, -0.2) is 116 Å². The predicted octanol–water partition coefficient (Wildman–Crippen LogP) is 14.5. The first-order valence-corrected chi connectivity index (χ1v) is 42.6. The molecule has 588 valence electrons. The molecule has 0 saturated heterocycles. The summed E-state index contributed by atoms with van der Waals surface area (Å²) in [6.45, 7) is 0. The van der Waals surface area contributed by atoms with Gasteiger partial charge < -0.3 is 52.1 Å². The van der Waals surface area contributed by atoms with Crippen molar-refractivity contribution < 1.29 is 49.5 Å². The Balaban J connectivity index is 0.000000134. The zero-order chi connectivity index (χ0) is 75.4. The topological polar surface area (TPSA) is 247 Å². The van der Waals surface area contributed by atoms with Crippen molar-refractivity contribution in [1.82, 2.24) is 26.6 Å². The van der Waals surface area contributed by atoms with Gasteiger partial charge in [0.2, 0.25) is 29.5 Å². The molecular formula is C93H131N5O10. The number of aliphatic hydroxyl groups is 5. The second kappa shape index (κ2) is 43.2.